The number of nitrogens with one attached hydrogen (secondary N) is 2. The van der Waals surface area contributed by atoms with Crippen LogP contribution in [0.4, 0.5) is 23.4 Å². The second-order valence-electron chi connectivity index (χ2n) is 11.7. The van der Waals surface area contributed by atoms with Crippen LogP contribution in [0.5, 0.6) is 0 Å². The molecule has 1 amide bonds. The van der Waals surface area contributed by atoms with Crippen LogP contribution in [0.15, 0.2) is 24.3 Å². The van der Waals surface area contributed by atoms with Gasteiger partial charge in [0.05, 0.1) is 23.6 Å². The summed E-state index contributed by atoms with van der Waals surface area (Å²) in [5.74, 6) is 0.573. The Morgan fingerprint density at radius 1 is 1.26 bits per heavy atom. The van der Waals surface area contributed by atoms with Crippen molar-refractivity contribution in [2.75, 3.05) is 57.8 Å². The molecule has 43 heavy (non-hydrogen) atoms. The molecule has 5 rings (SSSR count). The van der Waals surface area contributed by atoms with Crippen molar-refractivity contribution in [3.05, 3.63) is 58.0 Å². The summed E-state index contributed by atoms with van der Waals surface area (Å²) in [4.78, 5) is 22.5. The lowest BCUT2D eigenvalue weighted by Crippen LogP contribution is -2.76. The number of aromatic nitrogens is 1. The van der Waals surface area contributed by atoms with Gasteiger partial charge in [-0.1, -0.05) is 18.1 Å². The highest BCUT2D eigenvalue weighted by atomic mass is 19.4. The van der Waals surface area contributed by atoms with Crippen LogP contribution in [-0.4, -0.2) is 83.6 Å². The minimum Gasteiger partial charge on any atom is -0.313 e. The predicted molar refractivity (Wildman–Crippen MR) is 153 cm³/mol. The number of carbonyl (C=O) groups excluding carboxylic acids is 1. The maximum absolute atomic E-state index is 15.4. The van der Waals surface area contributed by atoms with Crippen LogP contribution in [0.1, 0.15) is 59.5 Å². The number of carbonyl (C=O) groups is 1. The van der Waals surface area contributed by atoms with Crippen molar-refractivity contribution >= 4 is 11.7 Å². The topological polar surface area (TPSA) is 87.5 Å². The number of piperazine rings is 1. The number of alkyl halides is 3. The Morgan fingerprint density at radius 3 is 2.67 bits per heavy atom. The second-order valence-corrected chi connectivity index (χ2v) is 11.7. The number of halogens is 4. The number of nitrogens with zero attached hydrogens (tertiary/aromatic N) is 5. The molecule has 2 fully saturated rings. The summed E-state index contributed by atoms with van der Waals surface area (Å²) in [5, 5.41) is 14.2. The first-order valence-electron chi connectivity index (χ1n) is 14.4. The Labute approximate surface area is 249 Å². The van der Waals surface area contributed by atoms with E-state index in [1.54, 1.807) is 25.1 Å². The third-order valence-corrected chi connectivity index (χ3v) is 8.96. The van der Waals surface area contributed by atoms with Gasteiger partial charge >= 0.3 is 6.18 Å². The lowest BCUT2D eigenvalue weighted by atomic mass is 9.82. The molecule has 0 saturated carbocycles. The molecular weight excluding hydrogens is 562 g/mol. The van der Waals surface area contributed by atoms with E-state index in [1.807, 2.05) is 0 Å². The van der Waals surface area contributed by atoms with E-state index in [1.165, 1.54) is 18.0 Å². The minimum atomic E-state index is -4.77. The van der Waals surface area contributed by atoms with Crippen molar-refractivity contribution < 1.29 is 22.4 Å². The van der Waals surface area contributed by atoms with E-state index in [9.17, 15) is 23.2 Å². The van der Waals surface area contributed by atoms with Crippen molar-refractivity contribution in [1.29, 1.82) is 5.26 Å². The fourth-order valence-corrected chi connectivity index (χ4v) is 6.62. The third-order valence-electron chi connectivity index (χ3n) is 8.96. The number of pyridine rings is 1. The highest BCUT2D eigenvalue weighted by Gasteiger charge is 2.46. The Balaban J connectivity index is 1.40. The molecule has 3 aliphatic rings. The van der Waals surface area contributed by atoms with Crippen molar-refractivity contribution in [2.24, 2.45) is 0 Å². The molecule has 1 spiro atoms. The lowest BCUT2D eigenvalue weighted by molar-refractivity contribution is -0.137. The Bertz CT molecular complexity index is 1460. The Hall–Kier alpha value is -3.71. The molecular formula is C31H35F4N7O. The van der Waals surface area contributed by atoms with Crippen LogP contribution in [0.25, 0.3) is 0 Å². The summed E-state index contributed by atoms with van der Waals surface area (Å²) < 4.78 is 56.6. The lowest BCUT2D eigenvalue weighted by Gasteiger charge is -2.56. The second kappa shape index (κ2) is 12.1. The average Bonchev–Trinajstić information content (AvgIpc) is 2.94. The molecule has 4 heterocycles. The van der Waals surface area contributed by atoms with Crippen molar-refractivity contribution in [3.8, 4) is 18.4 Å². The molecule has 228 valence electrons. The number of fused-ring (bicyclic) bond motifs is 1. The van der Waals surface area contributed by atoms with Gasteiger partial charge in [0.15, 0.2) is 5.82 Å². The summed E-state index contributed by atoms with van der Waals surface area (Å²) >= 11 is 0. The van der Waals surface area contributed by atoms with Gasteiger partial charge in [0.1, 0.15) is 17.4 Å². The van der Waals surface area contributed by atoms with Gasteiger partial charge in [0.2, 0.25) is 5.91 Å². The molecule has 2 aromatic rings. The maximum atomic E-state index is 15.4. The van der Waals surface area contributed by atoms with Crippen molar-refractivity contribution in [1.82, 2.24) is 25.1 Å². The van der Waals surface area contributed by atoms with Crippen molar-refractivity contribution in [2.45, 2.75) is 50.2 Å². The number of nitriles is 1. The number of benzene rings is 1. The summed E-state index contributed by atoms with van der Waals surface area (Å²) in [7, 11) is 0. The SMILES string of the molecule is C#CCN1CCN(CC[C@H]2CCN(Nc3nc(C)cc(C(F)(F)F)c3C#N)C(=O)[C@@H](C)c3cccc(F)c32)CC12CNC2. The monoisotopic (exact) mass is 597 g/mol. The van der Waals surface area contributed by atoms with Gasteiger partial charge in [-0.15, -0.1) is 6.42 Å². The number of terminal acetylenes is 1. The molecule has 8 nitrogen and oxygen atoms in total. The first kappa shape index (κ1) is 30.7. The number of anilines is 1. The number of aryl methyl sites for hydroxylation is 1. The van der Waals surface area contributed by atoms with E-state index in [0.717, 1.165) is 38.8 Å². The van der Waals surface area contributed by atoms with Gasteiger partial charge < -0.3 is 10.2 Å². The molecule has 0 unspecified atom stereocenters. The fraction of sp³-hybridized carbons (Fsp3) is 0.516. The average molecular weight is 598 g/mol. The fourth-order valence-electron chi connectivity index (χ4n) is 6.62. The van der Waals surface area contributed by atoms with Crippen LogP contribution in [0.3, 0.4) is 0 Å². The molecule has 2 atom stereocenters. The number of hydrogen-bond donors (Lipinski definition) is 2. The number of amides is 1. The molecule has 0 bridgehead atoms. The van der Waals surface area contributed by atoms with E-state index < -0.39 is 29.1 Å². The van der Waals surface area contributed by atoms with Crippen LogP contribution < -0.4 is 10.7 Å². The van der Waals surface area contributed by atoms with Crippen molar-refractivity contribution in [3.63, 3.8) is 0 Å². The zero-order chi connectivity index (χ0) is 30.9. The van der Waals surface area contributed by atoms with Gasteiger partial charge in [-0.2, -0.15) is 18.4 Å². The standard InChI is InChI=1S/C31H35F4N7O/c1-4-10-41-14-13-40(19-30(41)17-37-18-30)11-8-22-9-12-42(29(43)21(3)23-6-5-7-26(32)27(22)23)39-28-24(16-36)25(31(33,34)35)15-20(2)38-28/h1,5-7,15,21-22,37H,8-14,17-19H2,2-3H3,(H,38,39)/t21-,22-/m0/s1. The quantitative estimate of drug-likeness (QED) is 0.387. The highest BCUT2D eigenvalue weighted by molar-refractivity contribution is 5.85. The van der Waals surface area contributed by atoms with Crippen LogP contribution in [-0.2, 0) is 11.0 Å². The van der Waals surface area contributed by atoms with Crippen LogP contribution in [0, 0.1) is 36.4 Å². The Kier molecular flexibility index (Phi) is 8.66. The predicted octanol–water partition coefficient (Wildman–Crippen LogP) is 3.85. The van der Waals surface area contributed by atoms with Gasteiger partial charge in [-0.25, -0.2) is 9.37 Å². The number of rotatable bonds is 6. The van der Waals surface area contributed by atoms with Crippen LogP contribution >= 0.6 is 0 Å². The normalized spacial score (nSPS) is 22.6. The summed E-state index contributed by atoms with van der Waals surface area (Å²) in [6, 6.07) is 7.12. The molecule has 1 aromatic heterocycles. The molecule has 12 heteroatoms. The highest BCUT2D eigenvalue weighted by Crippen LogP contribution is 2.38. The summed E-state index contributed by atoms with van der Waals surface area (Å²) in [6.07, 6.45) is 1.83. The van der Waals surface area contributed by atoms with Crippen LogP contribution in [0.2, 0.25) is 0 Å². The maximum Gasteiger partial charge on any atom is 0.417 e. The smallest absolute Gasteiger partial charge is 0.313 e. The zero-order valence-electron chi connectivity index (χ0n) is 24.3. The number of hydrazine groups is 1. The number of hydrogen-bond acceptors (Lipinski definition) is 7. The van der Waals surface area contributed by atoms with Gasteiger partial charge in [0.25, 0.3) is 0 Å². The Morgan fingerprint density at radius 2 is 2.02 bits per heavy atom. The summed E-state index contributed by atoms with van der Waals surface area (Å²) in [5.41, 5.74) is 2.03. The molecule has 3 aliphatic heterocycles. The van der Waals surface area contributed by atoms with Gasteiger partial charge in [0, 0.05) is 45.0 Å². The molecule has 0 aliphatic carbocycles. The van der Waals surface area contributed by atoms with E-state index in [0.29, 0.717) is 37.1 Å². The first-order chi connectivity index (χ1) is 20.5. The third kappa shape index (κ3) is 6.05. The van der Waals surface area contributed by atoms with E-state index in [-0.39, 0.29) is 35.3 Å². The zero-order valence-corrected chi connectivity index (χ0v) is 24.3. The minimum absolute atomic E-state index is 0.00903. The first-order valence-corrected chi connectivity index (χ1v) is 14.4. The largest absolute Gasteiger partial charge is 0.417 e. The van der Waals surface area contributed by atoms with E-state index in [2.05, 4.69) is 31.4 Å². The van der Waals surface area contributed by atoms with E-state index >= 15 is 4.39 Å². The molecule has 1 aromatic carbocycles. The molecule has 2 saturated heterocycles. The van der Waals surface area contributed by atoms with E-state index in [4.69, 9.17) is 6.42 Å². The molecule has 0 radical (unpaired) electrons. The summed E-state index contributed by atoms with van der Waals surface area (Å²) in [6.45, 7) is 8.70. The van der Waals surface area contributed by atoms with Gasteiger partial charge in [-0.3, -0.25) is 20.1 Å². The van der Waals surface area contributed by atoms with Gasteiger partial charge in [-0.05, 0) is 62.4 Å². The molecule has 2 N–H and O–H groups in total.